The maximum atomic E-state index is 13.9. The van der Waals surface area contributed by atoms with Crippen LogP contribution in [0.15, 0.2) is 90.4 Å². The molecule has 3 aromatic heterocycles. The first kappa shape index (κ1) is 30.5. The monoisotopic (exact) mass is 611 g/mol. The van der Waals surface area contributed by atoms with E-state index in [1.807, 2.05) is 75.0 Å². The fraction of sp³-hybridized carbons (Fsp3) is 0.242. The van der Waals surface area contributed by atoms with Crippen molar-refractivity contribution in [1.82, 2.24) is 29.2 Å². The minimum Gasteiger partial charge on any atom is -0.338 e. The Labute approximate surface area is 260 Å². The molecule has 10 nitrogen and oxygen atoms in total. The molecule has 2 aromatic carbocycles. The Morgan fingerprint density at radius 2 is 1.61 bits per heavy atom. The lowest BCUT2D eigenvalue weighted by Gasteiger charge is -2.26. The maximum absolute atomic E-state index is 13.9. The minimum absolute atomic E-state index is 0.0124. The molecule has 2 amide bonds. The summed E-state index contributed by atoms with van der Waals surface area (Å²) in [6, 6.07) is 16.8. The van der Waals surface area contributed by atoms with Crippen LogP contribution in [0.4, 0.5) is 5.69 Å². The van der Waals surface area contributed by atoms with Gasteiger partial charge in [-0.2, -0.15) is 5.10 Å². The molecule has 44 heavy (non-hydrogen) atoms. The van der Waals surface area contributed by atoms with Gasteiger partial charge in [0.1, 0.15) is 11.7 Å². The molecule has 0 bridgehead atoms. The number of imidazole rings is 1. The molecule has 5 aromatic rings. The molecule has 3 heterocycles. The van der Waals surface area contributed by atoms with Gasteiger partial charge in [0, 0.05) is 55.2 Å². The van der Waals surface area contributed by atoms with Crippen LogP contribution in [-0.2, 0) is 18.9 Å². The fourth-order valence-electron chi connectivity index (χ4n) is 5.14. The van der Waals surface area contributed by atoms with E-state index in [2.05, 4.69) is 20.7 Å². The predicted octanol–water partition coefficient (Wildman–Crippen LogP) is 5.42. The number of benzene rings is 2. The summed E-state index contributed by atoms with van der Waals surface area (Å²) in [5.41, 5.74) is 5.01. The first-order valence-corrected chi connectivity index (χ1v) is 14.6. The molecule has 0 saturated heterocycles. The zero-order valence-corrected chi connectivity index (χ0v) is 25.9. The Morgan fingerprint density at radius 3 is 2.25 bits per heavy atom. The number of carbonyl (C=O) groups excluding carboxylic acids is 2. The summed E-state index contributed by atoms with van der Waals surface area (Å²) in [6.45, 7) is 5.74. The van der Waals surface area contributed by atoms with Crippen molar-refractivity contribution in [2.75, 3.05) is 5.32 Å². The van der Waals surface area contributed by atoms with Gasteiger partial charge < -0.3 is 19.8 Å². The van der Waals surface area contributed by atoms with Crippen LogP contribution < -0.4 is 16.2 Å². The third kappa shape index (κ3) is 6.35. The van der Waals surface area contributed by atoms with E-state index in [-0.39, 0.29) is 11.6 Å². The van der Waals surface area contributed by atoms with Gasteiger partial charge in [-0.15, -0.1) is 0 Å². The van der Waals surface area contributed by atoms with E-state index in [0.717, 1.165) is 22.4 Å². The Kier molecular flexibility index (Phi) is 8.82. The van der Waals surface area contributed by atoms with Gasteiger partial charge in [-0.1, -0.05) is 36.7 Å². The van der Waals surface area contributed by atoms with Crippen molar-refractivity contribution in [3.8, 4) is 22.4 Å². The van der Waals surface area contributed by atoms with Crippen molar-refractivity contribution >= 4 is 29.1 Å². The van der Waals surface area contributed by atoms with E-state index >= 15 is 0 Å². The third-order valence-corrected chi connectivity index (χ3v) is 8.05. The molecule has 226 valence electrons. The molecular formula is C33H34ClN7O3. The summed E-state index contributed by atoms with van der Waals surface area (Å²) in [5, 5.41) is 10.4. The summed E-state index contributed by atoms with van der Waals surface area (Å²) in [4.78, 5) is 43.7. The molecule has 0 aliphatic heterocycles. The fourth-order valence-corrected chi connectivity index (χ4v) is 5.43. The van der Waals surface area contributed by atoms with Crippen LogP contribution in [0.5, 0.6) is 0 Å². The van der Waals surface area contributed by atoms with Crippen molar-refractivity contribution in [3.63, 3.8) is 0 Å². The highest BCUT2D eigenvalue weighted by Crippen LogP contribution is 2.32. The lowest BCUT2D eigenvalue weighted by Crippen LogP contribution is -2.47. The van der Waals surface area contributed by atoms with Crippen LogP contribution in [-0.4, -0.2) is 41.8 Å². The van der Waals surface area contributed by atoms with Gasteiger partial charge in [0.25, 0.3) is 11.5 Å². The quantitative estimate of drug-likeness (QED) is 0.231. The summed E-state index contributed by atoms with van der Waals surface area (Å²) >= 11 is 6.71. The van der Waals surface area contributed by atoms with E-state index in [0.29, 0.717) is 22.0 Å². The van der Waals surface area contributed by atoms with Gasteiger partial charge in [-0.3, -0.25) is 19.1 Å². The van der Waals surface area contributed by atoms with Crippen molar-refractivity contribution in [3.05, 3.63) is 112 Å². The van der Waals surface area contributed by atoms with Crippen LogP contribution in [0, 0.1) is 0 Å². The Balaban J connectivity index is 1.47. The van der Waals surface area contributed by atoms with Crippen molar-refractivity contribution in [2.24, 2.45) is 14.1 Å². The number of hydrogen-bond acceptors (Lipinski definition) is 5. The molecule has 0 spiro atoms. The second kappa shape index (κ2) is 12.7. The number of carbonyl (C=O) groups is 2. The van der Waals surface area contributed by atoms with Crippen LogP contribution in [0.2, 0.25) is 5.02 Å². The Bertz CT molecular complexity index is 1870. The van der Waals surface area contributed by atoms with Crippen molar-refractivity contribution < 1.29 is 9.59 Å². The van der Waals surface area contributed by atoms with Gasteiger partial charge in [-0.05, 0) is 72.5 Å². The second-order valence-corrected chi connectivity index (χ2v) is 11.4. The molecule has 2 atom stereocenters. The topological polar surface area (TPSA) is 116 Å². The molecule has 1 unspecified atom stereocenters. The first-order valence-electron chi connectivity index (χ1n) is 14.2. The molecule has 0 fully saturated rings. The molecule has 0 aliphatic rings. The second-order valence-electron chi connectivity index (χ2n) is 11.0. The van der Waals surface area contributed by atoms with Crippen LogP contribution in [0.3, 0.4) is 0 Å². The van der Waals surface area contributed by atoms with E-state index in [9.17, 15) is 14.4 Å². The number of nitrogens with one attached hydrogen (secondary N) is 2. The number of pyridine rings is 1. The van der Waals surface area contributed by atoms with E-state index in [1.54, 1.807) is 42.3 Å². The summed E-state index contributed by atoms with van der Waals surface area (Å²) < 4.78 is 5.02. The largest absolute Gasteiger partial charge is 0.338 e. The summed E-state index contributed by atoms with van der Waals surface area (Å²) in [6.07, 6.45) is 6.83. The normalized spacial score (nSPS) is 12.6. The number of hydrogen-bond donors (Lipinski definition) is 2. The molecule has 0 aliphatic carbocycles. The lowest BCUT2D eigenvalue weighted by atomic mass is 9.90. The van der Waals surface area contributed by atoms with Crippen LogP contribution in [0.25, 0.3) is 22.4 Å². The van der Waals surface area contributed by atoms with Crippen molar-refractivity contribution in [2.45, 2.75) is 38.8 Å². The van der Waals surface area contributed by atoms with Crippen LogP contribution >= 0.6 is 11.6 Å². The van der Waals surface area contributed by atoms with E-state index < -0.39 is 23.8 Å². The number of anilines is 1. The molecule has 5 rings (SSSR count). The third-order valence-electron chi connectivity index (χ3n) is 7.70. The number of rotatable bonds is 9. The summed E-state index contributed by atoms with van der Waals surface area (Å²) in [7, 11) is 3.57. The van der Waals surface area contributed by atoms with Crippen molar-refractivity contribution in [1.29, 1.82) is 0 Å². The number of halogens is 1. The number of aromatic nitrogens is 5. The Morgan fingerprint density at radius 1 is 0.909 bits per heavy atom. The first-order chi connectivity index (χ1) is 21.0. The highest BCUT2D eigenvalue weighted by Gasteiger charge is 2.31. The standard InChI is InChI=1S/C33H34ClN7O3/c1-20(2)41-18-24(9-13-30(41)42)23-8-12-27(34)26(16-23)21(3)31(38-32(43)28-14-15-36-40(28)5)33(44)37-25-10-6-22(7-11-25)29-17-35-19-39(29)4/h6-21,31H,1-5H3,(H,37,44)(H,38,43)/t21?,31-/m0/s1. The van der Waals surface area contributed by atoms with Gasteiger partial charge in [0.2, 0.25) is 5.91 Å². The van der Waals surface area contributed by atoms with Gasteiger partial charge in [0.05, 0.1) is 18.2 Å². The highest BCUT2D eigenvalue weighted by atomic mass is 35.5. The van der Waals surface area contributed by atoms with Crippen LogP contribution in [0.1, 0.15) is 48.8 Å². The Hall–Kier alpha value is -4.96. The molecule has 11 heteroatoms. The van der Waals surface area contributed by atoms with E-state index in [4.69, 9.17) is 11.6 Å². The molecule has 2 N–H and O–H groups in total. The minimum atomic E-state index is -0.994. The average molecular weight is 612 g/mol. The number of amides is 2. The molecule has 0 saturated carbocycles. The van der Waals surface area contributed by atoms with E-state index in [1.165, 1.54) is 16.9 Å². The predicted molar refractivity (Wildman–Crippen MR) is 172 cm³/mol. The number of nitrogens with zero attached hydrogens (tertiary/aromatic N) is 5. The lowest BCUT2D eigenvalue weighted by molar-refractivity contribution is -0.118. The van der Waals surface area contributed by atoms with Gasteiger partial charge in [0.15, 0.2) is 0 Å². The van der Waals surface area contributed by atoms with Gasteiger partial charge in [-0.25, -0.2) is 4.98 Å². The molecule has 0 radical (unpaired) electrons. The maximum Gasteiger partial charge on any atom is 0.270 e. The smallest absolute Gasteiger partial charge is 0.270 e. The number of aryl methyl sites for hydroxylation is 2. The SMILES string of the molecule is CC(c1cc(-c2ccc(=O)n(C(C)C)c2)ccc1Cl)[C@H](NC(=O)c1ccnn1C)C(=O)Nc1ccc(-c2cncn2C)cc1. The average Bonchev–Trinajstić information content (AvgIpc) is 3.64. The zero-order valence-electron chi connectivity index (χ0n) is 25.2. The zero-order chi connectivity index (χ0) is 31.5. The summed E-state index contributed by atoms with van der Waals surface area (Å²) in [5.74, 6) is -1.39. The van der Waals surface area contributed by atoms with Gasteiger partial charge >= 0.3 is 0 Å². The highest BCUT2D eigenvalue weighted by molar-refractivity contribution is 6.31. The molecular weight excluding hydrogens is 578 g/mol.